The molecule has 2 aromatic heterocycles. The van der Waals surface area contributed by atoms with E-state index < -0.39 is 0 Å². The number of aromatic hydroxyl groups is 1. The molecule has 0 saturated carbocycles. The summed E-state index contributed by atoms with van der Waals surface area (Å²) in [6, 6.07) is 9.26. The monoisotopic (exact) mass is 271 g/mol. The fourth-order valence-corrected chi connectivity index (χ4v) is 2.33. The minimum absolute atomic E-state index is 0.0285. The number of para-hydroxylation sites is 1. The summed E-state index contributed by atoms with van der Waals surface area (Å²) in [4.78, 5) is 8.05. The Hall–Kier alpha value is -2.54. The lowest BCUT2D eigenvalue weighted by molar-refractivity contribution is 0.477. The van der Waals surface area contributed by atoms with Crippen molar-refractivity contribution in [2.24, 2.45) is 10.2 Å². The molecule has 3 N–H and O–H groups in total. The predicted octanol–water partition coefficient (Wildman–Crippen LogP) is 3.39. The maximum atomic E-state index is 9.66. The van der Waals surface area contributed by atoms with Crippen molar-refractivity contribution in [1.82, 2.24) is 9.97 Å². The number of aromatic nitrogens is 2. The van der Waals surface area contributed by atoms with E-state index in [2.05, 4.69) is 20.2 Å². The second kappa shape index (κ2) is 4.62. The molecule has 0 atom stereocenters. The van der Waals surface area contributed by atoms with E-state index in [9.17, 15) is 5.11 Å². The number of azo groups is 1. The average Bonchev–Trinajstić information content (AvgIpc) is 2.83. The highest BCUT2D eigenvalue weighted by atomic mass is 32.1. The van der Waals surface area contributed by atoms with Crippen molar-refractivity contribution in [3.63, 3.8) is 0 Å². The Labute approximate surface area is 112 Å². The lowest BCUT2D eigenvalue weighted by Crippen LogP contribution is -1.88. The molecule has 6 nitrogen and oxygen atoms in total. The van der Waals surface area contributed by atoms with Crippen LogP contribution in [0, 0.1) is 0 Å². The number of nitrogens with zero attached hydrogens (tertiary/aromatic N) is 4. The first kappa shape index (κ1) is 11.5. The number of rotatable bonds is 2. The maximum Gasteiger partial charge on any atom is 0.231 e. The van der Waals surface area contributed by atoms with Gasteiger partial charge in [-0.05, 0) is 18.2 Å². The average molecular weight is 271 g/mol. The van der Waals surface area contributed by atoms with Crippen molar-refractivity contribution in [2.45, 2.75) is 0 Å². The molecule has 0 saturated heterocycles. The highest BCUT2D eigenvalue weighted by molar-refractivity contribution is 7.21. The molecule has 0 unspecified atom stereocenters. The van der Waals surface area contributed by atoms with E-state index in [1.807, 2.05) is 24.3 Å². The molecule has 3 rings (SSSR count). The Morgan fingerprint density at radius 3 is 2.84 bits per heavy atom. The summed E-state index contributed by atoms with van der Waals surface area (Å²) in [5.41, 5.74) is 6.62. The van der Waals surface area contributed by atoms with Crippen LogP contribution in [0.4, 0.5) is 16.6 Å². The van der Waals surface area contributed by atoms with Gasteiger partial charge in [-0.15, -0.1) is 10.2 Å². The summed E-state index contributed by atoms with van der Waals surface area (Å²) in [5, 5.41) is 18.1. The number of nitrogen functional groups attached to an aromatic ring is 1. The third-order valence-corrected chi connectivity index (χ3v) is 3.38. The van der Waals surface area contributed by atoms with E-state index in [1.165, 1.54) is 23.6 Å². The minimum atomic E-state index is -0.174. The summed E-state index contributed by atoms with van der Waals surface area (Å²) in [7, 11) is 0. The fourth-order valence-electron chi connectivity index (χ4n) is 1.54. The highest BCUT2D eigenvalue weighted by Gasteiger charge is 2.05. The zero-order chi connectivity index (χ0) is 13.2. The molecule has 0 spiro atoms. The van der Waals surface area contributed by atoms with Gasteiger partial charge in [0.25, 0.3) is 0 Å². The van der Waals surface area contributed by atoms with Crippen LogP contribution in [0.1, 0.15) is 0 Å². The third kappa shape index (κ3) is 2.23. The van der Waals surface area contributed by atoms with Gasteiger partial charge in [0, 0.05) is 6.20 Å². The second-order valence-corrected chi connectivity index (χ2v) is 4.74. The zero-order valence-corrected chi connectivity index (χ0v) is 10.5. The van der Waals surface area contributed by atoms with Crippen LogP contribution < -0.4 is 5.73 Å². The van der Waals surface area contributed by atoms with Gasteiger partial charge in [-0.25, -0.2) is 9.97 Å². The Bertz CT molecular complexity index is 735. The van der Waals surface area contributed by atoms with Gasteiger partial charge in [-0.2, -0.15) is 0 Å². The maximum absolute atomic E-state index is 9.66. The lowest BCUT2D eigenvalue weighted by atomic mass is 10.3. The molecule has 0 bridgehead atoms. The number of pyridine rings is 1. The molecule has 7 heteroatoms. The summed E-state index contributed by atoms with van der Waals surface area (Å²) in [5.74, 6) is -0.145. The van der Waals surface area contributed by atoms with Crippen LogP contribution in [0.15, 0.2) is 46.8 Å². The summed E-state index contributed by atoms with van der Waals surface area (Å²) in [6.45, 7) is 0. The van der Waals surface area contributed by atoms with Crippen LogP contribution in [0.5, 0.6) is 5.75 Å². The Morgan fingerprint density at radius 2 is 2.00 bits per heavy atom. The van der Waals surface area contributed by atoms with Crippen LogP contribution in [0.25, 0.3) is 10.2 Å². The first-order valence-electron chi connectivity index (χ1n) is 5.45. The van der Waals surface area contributed by atoms with Crippen LogP contribution in [-0.2, 0) is 0 Å². The van der Waals surface area contributed by atoms with Gasteiger partial charge in [-0.3, -0.25) is 0 Å². The van der Waals surface area contributed by atoms with Gasteiger partial charge in [-0.1, -0.05) is 23.5 Å². The molecule has 19 heavy (non-hydrogen) atoms. The highest BCUT2D eigenvalue weighted by Crippen LogP contribution is 2.33. The zero-order valence-electron chi connectivity index (χ0n) is 9.69. The molecule has 94 valence electrons. The van der Waals surface area contributed by atoms with Crippen molar-refractivity contribution in [3.8, 4) is 5.75 Å². The van der Waals surface area contributed by atoms with Gasteiger partial charge >= 0.3 is 0 Å². The smallest absolute Gasteiger partial charge is 0.231 e. The summed E-state index contributed by atoms with van der Waals surface area (Å²) >= 11 is 1.43. The quantitative estimate of drug-likeness (QED) is 0.698. The molecule has 3 aromatic rings. The van der Waals surface area contributed by atoms with E-state index in [0.29, 0.717) is 5.13 Å². The minimum Gasteiger partial charge on any atom is -0.503 e. The number of thiazole rings is 1. The van der Waals surface area contributed by atoms with Crippen molar-refractivity contribution < 1.29 is 5.11 Å². The molecule has 0 aliphatic rings. The number of benzene rings is 1. The largest absolute Gasteiger partial charge is 0.503 e. The van der Waals surface area contributed by atoms with Crippen molar-refractivity contribution in [2.75, 3.05) is 5.73 Å². The van der Waals surface area contributed by atoms with E-state index in [4.69, 9.17) is 5.73 Å². The summed E-state index contributed by atoms with van der Waals surface area (Å²) < 4.78 is 1.04. The second-order valence-electron chi connectivity index (χ2n) is 3.73. The topological polar surface area (TPSA) is 96.8 Å². The fraction of sp³-hybridized carbons (Fsp3) is 0. The van der Waals surface area contributed by atoms with Crippen LogP contribution in [-0.4, -0.2) is 15.1 Å². The molecule has 0 radical (unpaired) electrons. The molecular weight excluding hydrogens is 262 g/mol. The van der Waals surface area contributed by atoms with E-state index in [-0.39, 0.29) is 17.3 Å². The first-order chi connectivity index (χ1) is 9.24. The molecule has 2 heterocycles. The van der Waals surface area contributed by atoms with Crippen molar-refractivity contribution in [1.29, 1.82) is 0 Å². The molecule has 0 aliphatic heterocycles. The Morgan fingerprint density at radius 1 is 1.16 bits per heavy atom. The Balaban J connectivity index is 1.96. The van der Waals surface area contributed by atoms with Crippen LogP contribution >= 0.6 is 11.3 Å². The van der Waals surface area contributed by atoms with Crippen molar-refractivity contribution >= 4 is 38.2 Å². The van der Waals surface area contributed by atoms with Crippen LogP contribution in [0.3, 0.4) is 0 Å². The Kier molecular flexibility index (Phi) is 2.81. The van der Waals surface area contributed by atoms with Gasteiger partial charge in [0.2, 0.25) is 5.13 Å². The number of anilines is 1. The molecule has 0 fully saturated rings. The predicted molar refractivity (Wildman–Crippen MR) is 74.1 cm³/mol. The van der Waals surface area contributed by atoms with E-state index >= 15 is 0 Å². The number of fused-ring (bicyclic) bond motifs is 1. The van der Waals surface area contributed by atoms with E-state index in [0.717, 1.165) is 10.2 Å². The number of hydrogen-bond acceptors (Lipinski definition) is 7. The molecule has 1 aromatic carbocycles. The SMILES string of the molecule is Nc1nccc(N=Nc2nc3ccccc3s2)c1O. The normalized spacial score (nSPS) is 11.4. The standard InChI is InChI=1S/C12H9N5OS/c13-11-10(18)8(5-6-14-11)16-17-12-15-7-3-1-2-4-9(7)19-12/h1-6,18H,(H2,13,14). The number of hydrogen-bond donors (Lipinski definition) is 2. The summed E-state index contributed by atoms with van der Waals surface area (Å²) in [6.07, 6.45) is 1.46. The van der Waals surface area contributed by atoms with Gasteiger partial charge in [0.1, 0.15) is 5.69 Å². The molecule has 0 amide bonds. The lowest BCUT2D eigenvalue weighted by Gasteiger charge is -1.98. The molecule has 0 aliphatic carbocycles. The third-order valence-electron chi connectivity index (χ3n) is 2.46. The molecular formula is C12H9N5OS. The number of nitrogens with two attached hydrogens (primary N) is 1. The first-order valence-corrected chi connectivity index (χ1v) is 6.26. The van der Waals surface area contributed by atoms with Crippen LogP contribution in [0.2, 0.25) is 0 Å². The van der Waals surface area contributed by atoms with Gasteiger partial charge in [0.05, 0.1) is 10.2 Å². The van der Waals surface area contributed by atoms with Crippen molar-refractivity contribution in [3.05, 3.63) is 36.5 Å². The van der Waals surface area contributed by atoms with Gasteiger partial charge < -0.3 is 10.8 Å². The van der Waals surface area contributed by atoms with E-state index in [1.54, 1.807) is 0 Å². The van der Waals surface area contributed by atoms with Gasteiger partial charge in [0.15, 0.2) is 11.6 Å².